The Morgan fingerprint density at radius 3 is 1.75 bits per heavy atom. The molecule has 50 valence electrons. The Morgan fingerprint density at radius 1 is 1.62 bits per heavy atom. The fourth-order valence-electron chi connectivity index (χ4n) is 0. The van der Waals surface area contributed by atoms with E-state index >= 15 is 0 Å². The monoisotopic (exact) mass is 119 g/mol. The molecule has 0 atom stereocenters. The van der Waals surface area contributed by atoms with E-state index in [9.17, 15) is 0 Å². The van der Waals surface area contributed by atoms with Crippen LogP contribution < -0.4 is 5.73 Å². The van der Waals surface area contributed by atoms with Gasteiger partial charge >= 0.3 is 0 Å². The second kappa shape index (κ2) is 4.74. The third kappa shape index (κ3) is 17.6. The van der Waals surface area contributed by atoms with Crippen LogP contribution in [0.15, 0.2) is 0 Å². The molecule has 0 amide bonds. The molecule has 0 bridgehead atoms. The van der Waals surface area contributed by atoms with Crippen LogP contribution in [-0.2, 0) is 4.79 Å². The zero-order valence-electron chi connectivity index (χ0n) is 5.35. The summed E-state index contributed by atoms with van der Waals surface area (Å²) in [7, 11) is 0. The standard InChI is InChI=1S/C4H11NO.CH2O/c1-4(2,6)3-5;1-2/h6H,3,5H2,1-2H3;1H2. The van der Waals surface area contributed by atoms with E-state index in [2.05, 4.69) is 0 Å². The van der Waals surface area contributed by atoms with Crippen molar-refractivity contribution in [1.29, 1.82) is 0 Å². The molecule has 3 N–H and O–H groups in total. The van der Waals surface area contributed by atoms with Gasteiger partial charge in [0.15, 0.2) is 0 Å². The minimum atomic E-state index is -0.681. The van der Waals surface area contributed by atoms with Crippen LogP contribution in [0, 0.1) is 0 Å². The molecule has 0 aromatic rings. The lowest BCUT2D eigenvalue weighted by atomic mass is 10.1. The Hall–Kier alpha value is -0.410. The third-order valence-electron chi connectivity index (χ3n) is 0.500. The summed E-state index contributed by atoms with van der Waals surface area (Å²) in [6.07, 6.45) is 0. The number of carbonyl (C=O) groups is 1. The summed E-state index contributed by atoms with van der Waals surface area (Å²) in [5, 5.41) is 8.70. The molecule has 0 aromatic carbocycles. The Labute approximate surface area is 49.5 Å². The molecule has 3 nitrogen and oxygen atoms in total. The molecule has 0 saturated carbocycles. The fourth-order valence-corrected chi connectivity index (χ4v) is 0. The van der Waals surface area contributed by atoms with Crippen molar-refractivity contribution in [2.45, 2.75) is 19.4 Å². The highest BCUT2D eigenvalue weighted by Gasteiger charge is 2.06. The van der Waals surface area contributed by atoms with Gasteiger partial charge in [-0.1, -0.05) is 0 Å². The Kier molecular flexibility index (Phi) is 6.25. The maximum atomic E-state index is 8.70. The van der Waals surface area contributed by atoms with Gasteiger partial charge in [-0.3, -0.25) is 0 Å². The van der Waals surface area contributed by atoms with Gasteiger partial charge in [0.25, 0.3) is 0 Å². The second-order valence-corrected chi connectivity index (χ2v) is 2.02. The SMILES string of the molecule is C=O.CC(C)(O)CN. The third-order valence-corrected chi connectivity index (χ3v) is 0.500. The summed E-state index contributed by atoms with van der Waals surface area (Å²) in [5.41, 5.74) is 4.38. The van der Waals surface area contributed by atoms with Crippen LogP contribution in [0.5, 0.6) is 0 Å². The lowest BCUT2D eigenvalue weighted by Crippen LogP contribution is -2.29. The quantitative estimate of drug-likeness (QED) is 0.490. The van der Waals surface area contributed by atoms with Crippen molar-refractivity contribution >= 4 is 6.79 Å². The van der Waals surface area contributed by atoms with Gasteiger partial charge in [0.2, 0.25) is 0 Å². The molecular weight excluding hydrogens is 106 g/mol. The van der Waals surface area contributed by atoms with Gasteiger partial charge in [0.05, 0.1) is 5.60 Å². The number of carbonyl (C=O) groups excluding carboxylic acids is 1. The van der Waals surface area contributed by atoms with Gasteiger partial charge in [-0.2, -0.15) is 0 Å². The Morgan fingerprint density at radius 2 is 1.75 bits per heavy atom. The molecule has 0 heterocycles. The highest BCUT2D eigenvalue weighted by molar-refractivity contribution is 5.10. The van der Waals surface area contributed by atoms with Crippen LogP contribution in [0.4, 0.5) is 0 Å². The van der Waals surface area contributed by atoms with Crippen LogP contribution >= 0.6 is 0 Å². The molecule has 0 unspecified atom stereocenters. The van der Waals surface area contributed by atoms with E-state index in [0.717, 1.165) is 0 Å². The molecule has 8 heavy (non-hydrogen) atoms. The Balaban J connectivity index is 0. The highest BCUT2D eigenvalue weighted by atomic mass is 16.3. The zero-order valence-corrected chi connectivity index (χ0v) is 5.35. The van der Waals surface area contributed by atoms with Crippen molar-refractivity contribution in [2.75, 3.05) is 6.54 Å². The number of hydrogen-bond donors (Lipinski definition) is 2. The molecule has 0 aliphatic rings. The molecular formula is C5H13NO2. The lowest BCUT2D eigenvalue weighted by molar-refractivity contribution is -0.0979. The van der Waals surface area contributed by atoms with Crippen molar-refractivity contribution in [2.24, 2.45) is 5.73 Å². The average Bonchev–Trinajstić information content (AvgIpc) is 1.71. The molecule has 0 fully saturated rings. The topological polar surface area (TPSA) is 63.3 Å². The van der Waals surface area contributed by atoms with E-state index in [1.54, 1.807) is 13.8 Å². The maximum Gasteiger partial charge on any atom is 0.106 e. The normalized spacial score (nSPS) is 9.50. The number of hydrogen-bond acceptors (Lipinski definition) is 3. The zero-order chi connectivity index (χ0) is 7.21. The highest BCUT2D eigenvalue weighted by Crippen LogP contribution is 1.93. The summed E-state index contributed by atoms with van der Waals surface area (Å²) < 4.78 is 0. The van der Waals surface area contributed by atoms with Gasteiger partial charge in [-0.05, 0) is 13.8 Å². The Bertz CT molecular complexity index is 48.9. The summed E-state index contributed by atoms with van der Waals surface area (Å²) in [4.78, 5) is 8.00. The van der Waals surface area contributed by atoms with E-state index in [0.29, 0.717) is 6.54 Å². The second-order valence-electron chi connectivity index (χ2n) is 2.02. The first-order chi connectivity index (χ1) is 3.56. The van der Waals surface area contributed by atoms with Gasteiger partial charge in [-0.25, -0.2) is 0 Å². The van der Waals surface area contributed by atoms with E-state index < -0.39 is 5.60 Å². The molecule has 3 heteroatoms. The first-order valence-corrected chi connectivity index (χ1v) is 2.27. The van der Waals surface area contributed by atoms with E-state index in [1.165, 1.54) is 0 Å². The van der Waals surface area contributed by atoms with E-state index in [-0.39, 0.29) is 0 Å². The summed E-state index contributed by atoms with van der Waals surface area (Å²) >= 11 is 0. The maximum absolute atomic E-state index is 8.70. The number of rotatable bonds is 1. The van der Waals surface area contributed by atoms with Gasteiger partial charge < -0.3 is 15.6 Å². The fraction of sp³-hybridized carbons (Fsp3) is 0.800. The summed E-state index contributed by atoms with van der Waals surface area (Å²) in [6.45, 7) is 5.67. The van der Waals surface area contributed by atoms with E-state index in [1.807, 2.05) is 6.79 Å². The summed E-state index contributed by atoms with van der Waals surface area (Å²) in [6, 6.07) is 0. The van der Waals surface area contributed by atoms with Crippen molar-refractivity contribution < 1.29 is 9.90 Å². The predicted molar refractivity (Wildman–Crippen MR) is 32.5 cm³/mol. The smallest absolute Gasteiger partial charge is 0.106 e. The molecule has 0 saturated heterocycles. The van der Waals surface area contributed by atoms with Gasteiger partial charge in [0.1, 0.15) is 6.79 Å². The molecule has 0 aliphatic carbocycles. The summed E-state index contributed by atoms with van der Waals surface area (Å²) in [5.74, 6) is 0. The predicted octanol–water partition coefficient (Wildman–Crippen LogP) is -0.469. The number of aliphatic hydroxyl groups is 1. The molecule has 0 aromatic heterocycles. The average molecular weight is 119 g/mol. The first kappa shape index (κ1) is 10.5. The van der Waals surface area contributed by atoms with Crippen molar-refractivity contribution in [3.63, 3.8) is 0 Å². The van der Waals surface area contributed by atoms with Gasteiger partial charge in [-0.15, -0.1) is 0 Å². The molecule has 0 aliphatic heterocycles. The minimum Gasteiger partial charge on any atom is -0.389 e. The van der Waals surface area contributed by atoms with Crippen LogP contribution in [0.3, 0.4) is 0 Å². The first-order valence-electron chi connectivity index (χ1n) is 2.27. The van der Waals surface area contributed by atoms with Crippen LogP contribution in [0.1, 0.15) is 13.8 Å². The van der Waals surface area contributed by atoms with Crippen molar-refractivity contribution in [3.05, 3.63) is 0 Å². The molecule has 0 rings (SSSR count). The lowest BCUT2D eigenvalue weighted by Gasteiger charge is -2.11. The van der Waals surface area contributed by atoms with Crippen LogP contribution in [0.2, 0.25) is 0 Å². The number of nitrogens with two attached hydrogens (primary N) is 1. The van der Waals surface area contributed by atoms with Crippen LogP contribution in [0.25, 0.3) is 0 Å². The van der Waals surface area contributed by atoms with E-state index in [4.69, 9.17) is 15.6 Å². The molecule has 0 radical (unpaired) electrons. The molecule has 0 spiro atoms. The largest absolute Gasteiger partial charge is 0.389 e. The van der Waals surface area contributed by atoms with Crippen molar-refractivity contribution in [1.82, 2.24) is 0 Å². The van der Waals surface area contributed by atoms with Gasteiger partial charge in [0, 0.05) is 6.54 Å². The van der Waals surface area contributed by atoms with Crippen molar-refractivity contribution in [3.8, 4) is 0 Å². The van der Waals surface area contributed by atoms with Crippen LogP contribution in [-0.4, -0.2) is 24.0 Å². The minimum absolute atomic E-state index is 0.326.